The first kappa shape index (κ1) is 14.3. The minimum Gasteiger partial charge on any atom is -0.308 e. The number of nitrogens with one attached hydrogen (secondary N) is 1. The molecule has 0 amide bonds. The average molecular weight is 278 g/mol. The number of alkyl halides is 2. The zero-order chi connectivity index (χ0) is 14.7. The van der Waals surface area contributed by atoms with Crippen molar-refractivity contribution in [1.29, 1.82) is 0 Å². The Morgan fingerprint density at radius 2 is 1.75 bits per heavy atom. The van der Waals surface area contributed by atoms with E-state index in [1.807, 2.05) is 13.8 Å². The maximum absolute atomic E-state index is 12.5. The van der Waals surface area contributed by atoms with Crippen LogP contribution in [0.4, 0.5) is 14.6 Å². The molecule has 0 aliphatic heterocycles. The van der Waals surface area contributed by atoms with Crippen molar-refractivity contribution in [1.82, 2.24) is 9.97 Å². The highest BCUT2D eigenvalue weighted by Crippen LogP contribution is 2.24. The molecule has 0 spiro atoms. The number of halogens is 2. The molecule has 0 aliphatic carbocycles. The van der Waals surface area contributed by atoms with Crippen molar-refractivity contribution < 1.29 is 8.78 Å². The smallest absolute Gasteiger partial charge is 0.263 e. The van der Waals surface area contributed by atoms with E-state index in [0.29, 0.717) is 17.2 Å². The molecule has 1 aromatic carbocycles. The summed E-state index contributed by atoms with van der Waals surface area (Å²) in [7, 11) is 0. The fourth-order valence-corrected chi connectivity index (χ4v) is 1.74. The Morgan fingerprint density at radius 1 is 1.10 bits per heavy atom. The van der Waals surface area contributed by atoms with E-state index in [1.54, 1.807) is 18.2 Å². The number of hydrogen-bond acceptors (Lipinski definition) is 4. The van der Waals surface area contributed by atoms with Gasteiger partial charge in [0.2, 0.25) is 0 Å². The minimum absolute atomic E-state index is 0.0223. The number of rotatable bonds is 4. The normalized spacial score (nSPS) is 11.2. The number of nitrogen functional groups attached to an aromatic ring is 1. The lowest BCUT2D eigenvalue weighted by Crippen LogP contribution is -2.11. The molecule has 1 heterocycles. The summed E-state index contributed by atoms with van der Waals surface area (Å²) in [6.45, 7) is 4.01. The molecule has 0 radical (unpaired) electrons. The van der Waals surface area contributed by atoms with Crippen molar-refractivity contribution in [3.05, 3.63) is 41.6 Å². The van der Waals surface area contributed by atoms with E-state index in [0.717, 1.165) is 5.69 Å². The molecule has 1 aromatic heterocycles. The van der Waals surface area contributed by atoms with E-state index in [1.165, 1.54) is 12.1 Å². The second kappa shape index (κ2) is 5.92. The van der Waals surface area contributed by atoms with Gasteiger partial charge in [0.25, 0.3) is 6.43 Å². The van der Waals surface area contributed by atoms with Crippen LogP contribution in [0.1, 0.15) is 37.4 Å². The standard InChI is InChI=1S/C14H16F2N4/c1-8(2)11-7-12(20-17)19-14(18-11)10-5-3-9(4-6-10)13(15)16/h3-8,13H,17H2,1-2H3,(H,18,19,20). The maximum Gasteiger partial charge on any atom is 0.263 e. The van der Waals surface area contributed by atoms with Crippen LogP contribution >= 0.6 is 0 Å². The van der Waals surface area contributed by atoms with Crippen LogP contribution in [0.3, 0.4) is 0 Å². The number of benzene rings is 1. The first-order valence-corrected chi connectivity index (χ1v) is 6.25. The number of aromatic nitrogens is 2. The average Bonchev–Trinajstić information content (AvgIpc) is 2.46. The summed E-state index contributed by atoms with van der Waals surface area (Å²) in [6, 6.07) is 7.69. The third-order valence-electron chi connectivity index (χ3n) is 2.91. The molecule has 0 saturated heterocycles. The predicted molar refractivity (Wildman–Crippen MR) is 74.3 cm³/mol. The summed E-state index contributed by atoms with van der Waals surface area (Å²) in [4.78, 5) is 8.68. The van der Waals surface area contributed by atoms with Gasteiger partial charge < -0.3 is 5.43 Å². The van der Waals surface area contributed by atoms with Gasteiger partial charge in [-0.2, -0.15) is 0 Å². The van der Waals surface area contributed by atoms with E-state index >= 15 is 0 Å². The Kier molecular flexibility index (Phi) is 4.24. The molecule has 0 atom stereocenters. The fourth-order valence-electron chi connectivity index (χ4n) is 1.74. The molecule has 3 N–H and O–H groups in total. The molecule has 6 heteroatoms. The van der Waals surface area contributed by atoms with Gasteiger partial charge in [0.15, 0.2) is 5.82 Å². The minimum atomic E-state index is -2.48. The Bertz CT molecular complexity index is 582. The van der Waals surface area contributed by atoms with Gasteiger partial charge in [-0.3, -0.25) is 0 Å². The van der Waals surface area contributed by atoms with Crippen LogP contribution in [0.25, 0.3) is 11.4 Å². The van der Waals surface area contributed by atoms with Gasteiger partial charge in [-0.25, -0.2) is 24.6 Å². The van der Waals surface area contributed by atoms with Gasteiger partial charge in [0.1, 0.15) is 5.82 Å². The number of hydrazine groups is 1. The summed E-state index contributed by atoms with van der Waals surface area (Å²) >= 11 is 0. The number of nitrogens with two attached hydrogens (primary N) is 1. The second-order valence-corrected chi connectivity index (χ2v) is 4.72. The van der Waals surface area contributed by atoms with Crippen molar-refractivity contribution in [3.63, 3.8) is 0 Å². The highest BCUT2D eigenvalue weighted by atomic mass is 19.3. The van der Waals surface area contributed by atoms with E-state index in [2.05, 4.69) is 15.4 Å². The Morgan fingerprint density at radius 3 is 2.25 bits per heavy atom. The molecule has 20 heavy (non-hydrogen) atoms. The van der Waals surface area contributed by atoms with Gasteiger partial charge in [-0.05, 0) is 5.92 Å². The first-order valence-electron chi connectivity index (χ1n) is 6.25. The third-order valence-corrected chi connectivity index (χ3v) is 2.91. The Labute approximate surface area is 116 Å². The van der Waals surface area contributed by atoms with E-state index in [-0.39, 0.29) is 11.5 Å². The Balaban J connectivity index is 2.43. The highest BCUT2D eigenvalue weighted by Gasteiger charge is 2.11. The van der Waals surface area contributed by atoms with Gasteiger partial charge >= 0.3 is 0 Å². The molecule has 0 aliphatic rings. The van der Waals surface area contributed by atoms with Crippen molar-refractivity contribution in [2.45, 2.75) is 26.2 Å². The van der Waals surface area contributed by atoms with Crippen LogP contribution in [0.15, 0.2) is 30.3 Å². The lowest BCUT2D eigenvalue weighted by molar-refractivity contribution is 0.151. The maximum atomic E-state index is 12.5. The predicted octanol–water partition coefficient (Wildman–Crippen LogP) is 3.49. The molecular formula is C14H16F2N4. The monoisotopic (exact) mass is 278 g/mol. The summed E-state index contributed by atoms with van der Waals surface area (Å²) in [6.07, 6.45) is -2.48. The Hall–Kier alpha value is -2.08. The molecule has 4 nitrogen and oxygen atoms in total. The molecule has 0 saturated carbocycles. The largest absolute Gasteiger partial charge is 0.308 e. The zero-order valence-electron chi connectivity index (χ0n) is 11.3. The van der Waals surface area contributed by atoms with E-state index < -0.39 is 6.43 Å². The lowest BCUT2D eigenvalue weighted by atomic mass is 10.1. The SMILES string of the molecule is CC(C)c1cc(NN)nc(-c2ccc(C(F)F)cc2)n1. The molecule has 0 bridgehead atoms. The zero-order valence-corrected chi connectivity index (χ0v) is 11.3. The van der Waals surface area contributed by atoms with Crippen molar-refractivity contribution in [3.8, 4) is 11.4 Å². The summed E-state index contributed by atoms with van der Waals surface area (Å²) < 4.78 is 25.1. The van der Waals surface area contributed by atoms with Gasteiger partial charge in [-0.1, -0.05) is 38.1 Å². The highest BCUT2D eigenvalue weighted by molar-refractivity contribution is 5.58. The number of hydrogen-bond donors (Lipinski definition) is 2. The summed E-state index contributed by atoms with van der Waals surface area (Å²) in [5, 5.41) is 0. The van der Waals surface area contributed by atoms with Crippen LogP contribution in [0.2, 0.25) is 0 Å². The van der Waals surface area contributed by atoms with Crippen LogP contribution in [0, 0.1) is 0 Å². The number of nitrogens with zero attached hydrogens (tertiary/aromatic N) is 2. The van der Waals surface area contributed by atoms with Gasteiger partial charge in [0.05, 0.1) is 0 Å². The van der Waals surface area contributed by atoms with E-state index in [4.69, 9.17) is 5.84 Å². The lowest BCUT2D eigenvalue weighted by Gasteiger charge is -2.10. The van der Waals surface area contributed by atoms with Crippen LogP contribution in [-0.2, 0) is 0 Å². The molecule has 2 rings (SSSR count). The molecule has 0 unspecified atom stereocenters. The van der Waals surface area contributed by atoms with Crippen LogP contribution in [-0.4, -0.2) is 9.97 Å². The molecule has 0 fully saturated rings. The fraction of sp³-hybridized carbons (Fsp3) is 0.286. The molecule has 106 valence electrons. The van der Waals surface area contributed by atoms with Gasteiger partial charge in [-0.15, -0.1) is 0 Å². The molecular weight excluding hydrogens is 262 g/mol. The number of anilines is 1. The van der Waals surface area contributed by atoms with Crippen LogP contribution < -0.4 is 11.3 Å². The third kappa shape index (κ3) is 3.08. The van der Waals surface area contributed by atoms with Crippen molar-refractivity contribution in [2.75, 3.05) is 5.43 Å². The van der Waals surface area contributed by atoms with Crippen LogP contribution in [0.5, 0.6) is 0 Å². The molecule has 2 aromatic rings. The van der Waals surface area contributed by atoms with Crippen molar-refractivity contribution >= 4 is 5.82 Å². The summed E-state index contributed by atoms with van der Waals surface area (Å²) in [5.74, 6) is 6.56. The second-order valence-electron chi connectivity index (χ2n) is 4.72. The topological polar surface area (TPSA) is 63.8 Å². The quantitative estimate of drug-likeness (QED) is 0.663. The van der Waals surface area contributed by atoms with Crippen molar-refractivity contribution in [2.24, 2.45) is 5.84 Å². The van der Waals surface area contributed by atoms with E-state index in [9.17, 15) is 8.78 Å². The first-order chi connectivity index (χ1) is 9.51. The van der Waals surface area contributed by atoms with Gasteiger partial charge in [0, 0.05) is 22.9 Å². The summed E-state index contributed by atoms with van der Waals surface area (Å²) in [5.41, 5.74) is 3.98.